The quantitative estimate of drug-likeness (QED) is 0.738. The van der Waals surface area contributed by atoms with Crippen LogP contribution in [0.15, 0.2) is 54.6 Å². The summed E-state index contributed by atoms with van der Waals surface area (Å²) in [4.78, 5) is 12.1. The Labute approximate surface area is 150 Å². The minimum Gasteiger partial charge on any atom is -0.335 e. The minimum absolute atomic E-state index is 0.0424. The Kier molecular flexibility index (Phi) is 5.49. The average Bonchev–Trinajstić information content (AvgIpc) is 2.62. The van der Waals surface area contributed by atoms with Crippen LogP contribution in [0.25, 0.3) is 0 Å². The summed E-state index contributed by atoms with van der Waals surface area (Å²) in [6, 6.07) is 14.5. The summed E-state index contributed by atoms with van der Waals surface area (Å²) in [5, 5.41) is 5.36. The number of urea groups is 1. The van der Waals surface area contributed by atoms with E-state index in [1.807, 2.05) is 18.2 Å². The Morgan fingerprint density at radius 2 is 1.62 bits per heavy atom. The smallest absolute Gasteiger partial charge is 0.335 e. The van der Waals surface area contributed by atoms with Crippen LogP contribution in [-0.4, -0.2) is 12.1 Å². The second-order valence-electron chi connectivity index (χ2n) is 6.64. The van der Waals surface area contributed by atoms with Crippen molar-refractivity contribution in [3.05, 3.63) is 65.7 Å². The summed E-state index contributed by atoms with van der Waals surface area (Å²) in [5.74, 6) is 0.501. The number of anilines is 1. The molecule has 0 radical (unpaired) electrons. The van der Waals surface area contributed by atoms with Crippen molar-refractivity contribution in [2.75, 3.05) is 5.32 Å². The molecule has 0 heterocycles. The van der Waals surface area contributed by atoms with E-state index in [9.17, 15) is 18.0 Å². The van der Waals surface area contributed by atoms with Crippen LogP contribution in [-0.2, 0) is 6.18 Å². The summed E-state index contributed by atoms with van der Waals surface area (Å²) >= 11 is 0. The third-order valence-corrected chi connectivity index (χ3v) is 4.78. The van der Waals surface area contributed by atoms with Gasteiger partial charge in [0.2, 0.25) is 0 Å². The van der Waals surface area contributed by atoms with Gasteiger partial charge in [-0.2, -0.15) is 13.2 Å². The molecule has 2 N–H and O–H groups in total. The van der Waals surface area contributed by atoms with E-state index in [0.29, 0.717) is 5.92 Å². The number of hydrogen-bond acceptors (Lipinski definition) is 1. The van der Waals surface area contributed by atoms with Crippen LogP contribution >= 0.6 is 0 Å². The Morgan fingerprint density at radius 3 is 2.27 bits per heavy atom. The van der Waals surface area contributed by atoms with Crippen LogP contribution in [0.4, 0.5) is 23.7 Å². The molecule has 0 aliphatic heterocycles. The van der Waals surface area contributed by atoms with Crippen molar-refractivity contribution in [1.82, 2.24) is 5.32 Å². The first kappa shape index (κ1) is 18.3. The van der Waals surface area contributed by atoms with Gasteiger partial charge in [0.25, 0.3) is 0 Å². The number of carbonyl (C=O) groups is 1. The average molecular weight is 362 g/mol. The van der Waals surface area contributed by atoms with Crippen molar-refractivity contribution in [1.29, 1.82) is 0 Å². The van der Waals surface area contributed by atoms with E-state index in [2.05, 4.69) is 22.8 Å². The number of nitrogens with one attached hydrogen (secondary N) is 2. The van der Waals surface area contributed by atoms with Gasteiger partial charge in [0.15, 0.2) is 0 Å². The van der Waals surface area contributed by atoms with Gasteiger partial charge in [-0.3, -0.25) is 0 Å². The van der Waals surface area contributed by atoms with Crippen molar-refractivity contribution in [2.24, 2.45) is 0 Å². The third kappa shape index (κ3) is 4.77. The minimum atomic E-state index is -4.43. The maximum absolute atomic E-state index is 12.7. The van der Waals surface area contributed by atoms with E-state index in [1.165, 1.54) is 17.7 Å². The molecule has 1 fully saturated rings. The Morgan fingerprint density at radius 1 is 0.923 bits per heavy atom. The highest BCUT2D eigenvalue weighted by atomic mass is 19.4. The lowest BCUT2D eigenvalue weighted by molar-refractivity contribution is -0.137. The first-order valence-corrected chi connectivity index (χ1v) is 8.71. The lowest BCUT2D eigenvalue weighted by Gasteiger charge is -2.29. The maximum Gasteiger partial charge on any atom is 0.416 e. The summed E-state index contributed by atoms with van der Waals surface area (Å²) in [5.41, 5.74) is 0.674. The highest BCUT2D eigenvalue weighted by Crippen LogP contribution is 2.33. The molecule has 3 rings (SSSR count). The summed E-state index contributed by atoms with van der Waals surface area (Å²) < 4.78 is 38.2. The third-order valence-electron chi connectivity index (χ3n) is 4.78. The largest absolute Gasteiger partial charge is 0.416 e. The number of halogens is 3. The van der Waals surface area contributed by atoms with E-state index >= 15 is 0 Å². The van der Waals surface area contributed by atoms with Crippen molar-refractivity contribution in [3.8, 4) is 0 Å². The molecule has 1 saturated carbocycles. The van der Waals surface area contributed by atoms with Gasteiger partial charge in [-0.15, -0.1) is 0 Å². The van der Waals surface area contributed by atoms with E-state index in [0.717, 1.165) is 37.8 Å². The molecule has 2 aromatic carbocycles. The van der Waals surface area contributed by atoms with Gasteiger partial charge in [0.1, 0.15) is 0 Å². The van der Waals surface area contributed by atoms with Gasteiger partial charge >= 0.3 is 12.2 Å². The van der Waals surface area contributed by atoms with E-state index in [4.69, 9.17) is 0 Å². The Balaban J connectivity index is 1.50. The summed E-state index contributed by atoms with van der Waals surface area (Å²) in [6.45, 7) is 0. The fourth-order valence-corrected chi connectivity index (χ4v) is 3.42. The zero-order valence-electron chi connectivity index (χ0n) is 14.2. The van der Waals surface area contributed by atoms with Gasteiger partial charge in [0, 0.05) is 11.7 Å². The fourth-order valence-electron chi connectivity index (χ4n) is 3.42. The monoisotopic (exact) mass is 362 g/mol. The number of alkyl halides is 3. The van der Waals surface area contributed by atoms with Gasteiger partial charge < -0.3 is 10.6 Å². The van der Waals surface area contributed by atoms with Crippen LogP contribution in [0.1, 0.15) is 42.7 Å². The van der Waals surface area contributed by atoms with Crippen LogP contribution < -0.4 is 10.6 Å². The van der Waals surface area contributed by atoms with E-state index in [-0.39, 0.29) is 11.7 Å². The zero-order valence-corrected chi connectivity index (χ0v) is 14.2. The van der Waals surface area contributed by atoms with Gasteiger partial charge in [0.05, 0.1) is 5.56 Å². The van der Waals surface area contributed by atoms with Crippen LogP contribution in [0.5, 0.6) is 0 Å². The topological polar surface area (TPSA) is 41.1 Å². The predicted molar refractivity (Wildman–Crippen MR) is 95.0 cm³/mol. The molecular formula is C20H21F3N2O. The number of carbonyl (C=O) groups excluding carboxylic acids is 1. The van der Waals surface area contributed by atoms with Crippen LogP contribution in [0.2, 0.25) is 0 Å². The molecule has 1 aliphatic carbocycles. The second kappa shape index (κ2) is 7.81. The summed E-state index contributed by atoms with van der Waals surface area (Å²) in [6.07, 6.45) is -0.744. The molecule has 26 heavy (non-hydrogen) atoms. The molecule has 0 bridgehead atoms. The van der Waals surface area contributed by atoms with Crippen molar-refractivity contribution < 1.29 is 18.0 Å². The highest BCUT2D eigenvalue weighted by Gasteiger charge is 2.30. The van der Waals surface area contributed by atoms with Crippen molar-refractivity contribution >= 4 is 11.7 Å². The molecule has 2 aromatic rings. The van der Waals surface area contributed by atoms with Gasteiger partial charge in [-0.25, -0.2) is 4.79 Å². The lowest BCUT2D eigenvalue weighted by atomic mass is 9.82. The molecule has 138 valence electrons. The second-order valence-corrected chi connectivity index (χ2v) is 6.64. The molecule has 0 atom stereocenters. The Bertz CT molecular complexity index is 738. The predicted octanol–water partition coefficient (Wildman–Crippen LogP) is 5.55. The number of hydrogen-bond donors (Lipinski definition) is 2. The maximum atomic E-state index is 12.7. The molecule has 0 aromatic heterocycles. The van der Waals surface area contributed by atoms with Crippen LogP contribution in [0, 0.1) is 0 Å². The highest BCUT2D eigenvalue weighted by molar-refractivity contribution is 5.89. The number of amides is 2. The molecule has 1 aliphatic rings. The number of rotatable bonds is 3. The SMILES string of the molecule is O=C(Nc1cccc(C(F)(F)F)c1)NC1CCC(c2ccccc2)CC1. The molecule has 0 spiro atoms. The van der Waals surface area contributed by atoms with Gasteiger partial charge in [-0.1, -0.05) is 36.4 Å². The van der Waals surface area contributed by atoms with Crippen molar-refractivity contribution in [3.63, 3.8) is 0 Å². The first-order valence-electron chi connectivity index (χ1n) is 8.71. The fraction of sp³-hybridized carbons (Fsp3) is 0.350. The molecule has 3 nitrogen and oxygen atoms in total. The molecule has 2 amide bonds. The van der Waals surface area contributed by atoms with E-state index in [1.54, 1.807) is 0 Å². The standard InChI is InChI=1S/C20H21F3N2O/c21-20(22,23)16-7-4-8-18(13-16)25-19(26)24-17-11-9-15(10-12-17)14-5-2-1-3-6-14/h1-8,13,15,17H,9-12H2,(H2,24,25,26). The molecule has 0 unspecified atom stereocenters. The van der Waals surface area contributed by atoms with Gasteiger partial charge in [-0.05, 0) is 55.4 Å². The molecular weight excluding hydrogens is 341 g/mol. The first-order chi connectivity index (χ1) is 12.4. The zero-order chi connectivity index (χ0) is 18.6. The lowest BCUT2D eigenvalue weighted by Crippen LogP contribution is -2.39. The summed E-state index contributed by atoms with van der Waals surface area (Å²) in [7, 11) is 0. The normalized spacial score (nSPS) is 20.4. The van der Waals surface area contributed by atoms with Crippen molar-refractivity contribution in [2.45, 2.75) is 43.8 Å². The van der Waals surface area contributed by atoms with Crippen LogP contribution in [0.3, 0.4) is 0 Å². The Hall–Kier alpha value is -2.50. The van der Waals surface area contributed by atoms with E-state index < -0.39 is 17.8 Å². The molecule has 6 heteroatoms. The number of benzene rings is 2. The molecule has 0 saturated heterocycles.